The molecular formula is C17H20OS. The third-order valence-electron chi connectivity index (χ3n) is 3.46. The van der Waals surface area contributed by atoms with Gasteiger partial charge in [0.15, 0.2) is 5.78 Å². The average Bonchev–Trinajstić information content (AvgIpc) is 2.82. The van der Waals surface area contributed by atoms with Gasteiger partial charge in [0.05, 0.1) is 4.88 Å². The summed E-state index contributed by atoms with van der Waals surface area (Å²) in [4.78, 5) is 14.5. The molecule has 100 valence electrons. The van der Waals surface area contributed by atoms with Gasteiger partial charge in [-0.05, 0) is 56.0 Å². The van der Waals surface area contributed by atoms with Crippen molar-refractivity contribution in [2.24, 2.45) is 0 Å². The molecule has 1 aromatic carbocycles. The zero-order valence-electron chi connectivity index (χ0n) is 12.0. The van der Waals surface area contributed by atoms with Crippen LogP contribution in [0.2, 0.25) is 0 Å². The van der Waals surface area contributed by atoms with E-state index in [4.69, 9.17) is 0 Å². The summed E-state index contributed by atoms with van der Waals surface area (Å²) in [5.74, 6) is 0.236. The maximum absolute atomic E-state index is 12.3. The van der Waals surface area contributed by atoms with Crippen LogP contribution in [-0.4, -0.2) is 5.78 Å². The van der Waals surface area contributed by atoms with E-state index in [-0.39, 0.29) is 5.78 Å². The molecule has 0 radical (unpaired) electrons. The van der Waals surface area contributed by atoms with E-state index in [2.05, 4.69) is 45.9 Å². The minimum atomic E-state index is 0.236. The van der Waals surface area contributed by atoms with Crippen LogP contribution in [0.25, 0.3) is 0 Å². The lowest BCUT2D eigenvalue weighted by Crippen LogP contribution is -2.05. The minimum absolute atomic E-state index is 0.236. The van der Waals surface area contributed by atoms with Gasteiger partial charge in [-0.25, -0.2) is 0 Å². The standard InChI is InChI=1S/C17H20OS/c1-5-14-6-7-17(19-14)16(18)10-15-12(3)8-11(2)9-13(15)4/h6-9H,5,10H2,1-4H3. The van der Waals surface area contributed by atoms with E-state index in [1.807, 2.05) is 6.07 Å². The first-order valence-electron chi connectivity index (χ1n) is 6.70. The molecule has 1 heterocycles. The molecule has 0 amide bonds. The molecule has 0 unspecified atom stereocenters. The highest BCUT2D eigenvalue weighted by atomic mass is 32.1. The van der Waals surface area contributed by atoms with Crippen LogP contribution in [0.15, 0.2) is 24.3 Å². The van der Waals surface area contributed by atoms with Gasteiger partial charge < -0.3 is 0 Å². The monoisotopic (exact) mass is 272 g/mol. The Morgan fingerprint density at radius 2 is 1.74 bits per heavy atom. The van der Waals surface area contributed by atoms with Crippen molar-refractivity contribution >= 4 is 17.1 Å². The van der Waals surface area contributed by atoms with E-state index >= 15 is 0 Å². The molecule has 19 heavy (non-hydrogen) atoms. The fourth-order valence-corrected chi connectivity index (χ4v) is 3.34. The lowest BCUT2D eigenvalue weighted by Gasteiger charge is -2.10. The summed E-state index contributed by atoms with van der Waals surface area (Å²) in [7, 11) is 0. The molecular weight excluding hydrogens is 252 g/mol. The molecule has 2 aromatic rings. The first kappa shape index (κ1) is 14.0. The van der Waals surface area contributed by atoms with Crippen LogP contribution in [0.5, 0.6) is 0 Å². The summed E-state index contributed by atoms with van der Waals surface area (Å²) in [6.07, 6.45) is 1.52. The number of carbonyl (C=O) groups excluding carboxylic acids is 1. The smallest absolute Gasteiger partial charge is 0.177 e. The van der Waals surface area contributed by atoms with Crippen molar-refractivity contribution in [1.82, 2.24) is 0 Å². The van der Waals surface area contributed by atoms with Crippen molar-refractivity contribution in [2.75, 3.05) is 0 Å². The molecule has 0 aliphatic heterocycles. The molecule has 0 atom stereocenters. The predicted molar refractivity (Wildman–Crippen MR) is 82.4 cm³/mol. The Hall–Kier alpha value is -1.41. The first-order chi connectivity index (χ1) is 9.01. The van der Waals surface area contributed by atoms with E-state index in [9.17, 15) is 4.79 Å². The summed E-state index contributed by atoms with van der Waals surface area (Å²) in [5, 5.41) is 0. The Bertz CT molecular complexity index is 584. The van der Waals surface area contributed by atoms with Gasteiger partial charge in [-0.1, -0.05) is 24.6 Å². The molecule has 1 nitrogen and oxygen atoms in total. The molecule has 0 aliphatic carbocycles. The van der Waals surface area contributed by atoms with Crippen molar-refractivity contribution in [3.8, 4) is 0 Å². The average molecular weight is 272 g/mol. The minimum Gasteiger partial charge on any atom is -0.293 e. The highest BCUT2D eigenvalue weighted by Gasteiger charge is 2.13. The van der Waals surface area contributed by atoms with E-state index in [0.717, 1.165) is 11.3 Å². The molecule has 1 aromatic heterocycles. The van der Waals surface area contributed by atoms with Crippen molar-refractivity contribution in [1.29, 1.82) is 0 Å². The van der Waals surface area contributed by atoms with Gasteiger partial charge in [-0.2, -0.15) is 0 Å². The molecule has 0 spiro atoms. The Morgan fingerprint density at radius 1 is 1.11 bits per heavy atom. The molecule has 0 N–H and O–H groups in total. The number of thiophene rings is 1. The Balaban J connectivity index is 2.24. The number of benzene rings is 1. The SMILES string of the molecule is CCc1ccc(C(=O)Cc2c(C)cc(C)cc2C)s1. The quantitative estimate of drug-likeness (QED) is 0.740. The highest BCUT2D eigenvalue weighted by molar-refractivity contribution is 7.14. The molecule has 0 saturated carbocycles. The van der Waals surface area contributed by atoms with Crippen LogP contribution in [0.4, 0.5) is 0 Å². The summed E-state index contributed by atoms with van der Waals surface area (Å²) in [6.45, 7) is 8.40. The molecule has 0 aliphatic rings. The van der Waals surface area contributed by atoms with Gasteiger partial charge in [0.1, 0.15) is 0 Å². The molecule has 2 rings (SSSR count). The second-order valence-corrected chi connectivity index (χ2v) is 6.27. The maximum Gasteiger partial charge on any atom is 0.177 e. The third kappa shape index (κ3) is 3.13. The predicted octanol–water partition coefficient (Wildman–Crippen LogP) is 4.66. The lowest BCUT2D eigenvalue weighted by molar-refractivity contribution is 0.0996. The van der Waals surface area contributed by atoms with E-state index in [0.29, 0.717) is 6.42 Å². The third-order valence-corrected chi connectivity index (χ3v) is 4.73. The van der Waals surface area contributed by atoms with Gasteiger partial charge in [0.2, 0.25) is 0 Å². The lowest BCUT2D eigenvalue weighted by atomic mass is 9.95. The fourth-order valence-electron chi connectivity index (χ4n) is 2.45. The van der Waals surface area contributed by atoms with Crippen LogP contribution < -0.4 is 0 Å². The maximum atomic E-state index is 12.3. The number of carbonyl (C=O) groups is 1. The van der Waals surface area contributed by atoms with Crippen LogP contribution in [0.1, 0.15) is 43.7 Å². The normalized spacial score (nSPS) is 10.7. The van der Waals surface area contributed by atoms with Gasteiger partial charge in [-0.15, -0.1) is 11.3 Å². The summed E-state index contributed by atoms with van der Waals surface area (Å²) >= 11 is 1.63. The zero-order valence-corrected chi connectivity index (χ0v) is 12.9. The summed E-state index contributed by atoms with van der Waals surface area (Å²) in [5.41, 5.74) is 4.88. The second-order valence-electron chi connectivity index (χ2n) is 5.10. The number of aryl methyl sites for hydroxylation is 4. The first-order valence-corrected chi connectivity index (χ1v) is 7.51. The van der Waals surface area contributed by atoms with Crippen molar-refractivity contribution in [3.63, 3.8) is 0 Å². The van der Waals surface area contributed by atoms with E-state index < -0.39 is 0 Å². The van der Waals surface area contributed by atoms with Crippen molar-refractivity contribution < 1.29 is 4.79 Å². The summed E-state index contributed by atoms with van der Waals surface area (Å²) in [6, 6.07) is 8.33. The second kappa shape index (κ2) is 5.70. The Morgan fingerprint density at radius 3 is 2.26 bits per heavy atom. The Labute approximate surface area is 119 Å². The van der Waals surface area contributed by atoms with Gasteiger partial charge in [-0.3, -0.25) is 4.79 Å². The van der Waals surface area contributed by atoms with Gasteiger partial charge in [0, 0.05) is 11.3 Å². The van der Waals surface area contributed by atoms with Crippen molar-refractivity contribution in [3.05, 3.63) is 56.3 Å². The Kier molecular flexibility index (Phi) is 4.20. The summed E-state index contributed by atoms with van der Waals surface area (Å²) < 4.78 is 0. The van der Waals surface area contributed by atoms with Gasteiger partial charge >= 0.3 is 0 Å². The fraction of sp³-hybridized carbons (Fsp3) is 0.353. The molecule has 0 fully saturated rings. The number of hydrogen-bond donors (Lipinski definition) is 0. The largest absolute Gasteiger partial charge is 0.293 e. The van der Waals surface area contributed by atoms with Crippen molar-refractivity contribution in [2.45, 2.75) is 40.5 Å². The number of hydrogen-bond acceptors (Lipinski definition) is 2. The molecule has 2 heteroatoms. The molecule has 0 bridgehead atoms. The zero-order chi connectivity index (χ0) is 14.0. The van der Waals surface area contributed by atoms with Crippen LogP contribution in [-0.2, 0) is 12.8 Å². The molecule has 0 saturated heterocycles. The topological polar surface area (TPSA) is 17.1 Å². The number of ketones is 1. The van der Waals surface area contributed by atoms with E-state index in [1.165, 1.54) is 27.1 Å². The van der Waals surface area contributed by atoms with Crippen LogP contribution in [0.3, 0.4) is 0 Å². The number of rotatable bonds is 4. The number of Topliss-reactive ketones (excluding diaryl/α,β-unsaturated/α-hetero) is 1. The van der Waals surface area contributed by atoms with E-state index in [1.54, 1.807) is 11.3 Å². The van der Waals surface area contributed by atoms with Crippen LogP contribution >= 0.6 is 11.3 Å². The van der Waals surface area contributed by atoms with Gasteiger partial charge in [0.25, 0.3) is 0 Å². The van der Waals surface area contributed by atoms with Crippen LogP contribution in [0, 0.1) is 20.8 Å². The highest BCUT2D eigenvalue weighted by Crippen LogP contribution is 2.22.